The number of carboxylic acid groups (broad SMARTS) is 3. The van der Waals surface area contributed by atoms with Crippen molar-refractivity contribution in [2.24, 2.45) is 0 Å². The number of carbonyl (C=O) groups excluding carboxylic acids is 1. The van der Waals surface area contributed by atoms with E-state index >= 15 is 0 Å². The summed E-state index contributed by atoms with van der Waals surface area (Å²) in [4.78, 5) is 49.7. The summed E-state index contributed by atoms with van der Waals surface area (Å²) in [7, 11) is -40.9. The molecule has 21 N–H and O–H groups in total. The van der Waals surface area contributed by atoms with E-state index in [1.54, 1.807) is 0 Å². The number of aliphatic hydroxyl groups excluding tert-OH is 8. The molecule has 5 saturated heterocycles. The molecule has 0 spiro atoms. The van der Waals surface area contributed by atoms with Crippen molar-refractivity contribution in [1.82, 2.24) is 14.8 Å². The number of nitrogens with one attached hydrogen (secondary N) is 3. The van der Waals surface area contributed by atoms with E-state index in [1.165, 1.54) is 9.44 Å². The van der Waals surface area contributed by atoms with Gasteiger partial charge in [-0.2, -0.15) is 68.4 Å². The van der Waals surface area contributed by atoms with Crippen LogP contribution in [-0.2, 0) is 165 Å². The lowest BCUT2D eigenvalue weighted by Gasteiger charge is -2.50. The summed E-state index contributed by atoms with van der Waals surface area (Å²) in [6, 6.07) is -7.87. The largest absolute Gasteiger partial charge is 0.479 e. The molecule has 0 saturated carbocycles. The van der Waals surface area contributed by atoms with E-state index in [4.69, 9.17) is 56.7 Å². The van der Waals surface area contributed by atoms with Crippen molar-refractivity contribution in [3.63, 3.8) is 0 Å². The number of carboxylic acids is 3. The van der Waals surface area contributed by atoms with Gasteiger partial charge in [-0.25, -0.2) is 35.3 Å². The van der Waals surface area contributed by atoms with Crippen LogP contribution in [0.25, 0.3) is 0 Å². The molecular formula is C38H59N3O52S7. The number of rotatable bonds is 31. The highest BCUT2D eigenvalue weighted by molar-refractivity contribution is 7.84. The van der Waals surface area contributed by atoms with Gasteiger partial charge in [0.25, 0.3) is 0 Å². The first kappa shape index (κ1) is 84.7. The van der Waals surface area contributed by atoms with Crippen LogP contribution in [-0.4, -0.2) is 362 Å². The highest BCUT2D eigenvalue weighted by Crippen LogP contribution is 2.39. The number of aliphatic carboxylic acids is 3. The molecule has 6 rings (SSSR count). The predicted molar refractivity (Wildman–Crippen MR) is 288 cm³/mol. The standard InChI is InChI=1S/C38H59N3O52S7/c1-6(42)39-12-15(44)22(9(81-33(12)56)3-78-96(63,64)65)85-36-19(48)18(47)25(28(90-36)31(52)53)88-34-13(40-94(57,58)59)17(46)24(11(83-34)5-80-98(69,70)71)87-38-27(93-100(75,76)77)20(49)26(29(91-38)32(54)55)89-35-14(41-95(60,61)62)16(45)23(10(84-35)4-79-97(66,67)68)86-37-21(92-99(72,73)74)7(43)2-8(82-37)30(50)51/h2,7,9-29,33-38,40-41,43-49,56H,3-5H2,1H3,(H,39,42)(H,50,51)(H,52,53)(H,54,55)(H,57,58,59)(H,60,61,62)(H,63,64,65)(H,66,67,68)(H,69,70,71)(H,72,73,74)(H,75,76,77)/t7-,9+,10+,11+,12+,13+,14+,15+,16+,17+,18+,19+,20-,21+,22+,23+,24+,25-,26-,27+,28+,29+,33-,34+,35+,36+,37-,38+/m0/s1. The molecule has 100 heavy (non-hydrogen) atoms. The van der Waals surface area contributed by atoms with Gasteiger partial charge in [0.15, 0.2) is 55.9 Å². The molecule has 6 aliphatic rings. The van der Waals surface area contributed by atoms with Crippen LogP contribution in [0.3, 0.4) is 0 Å². The number of carbonyl (C=O) groups is 4. The second-order valence-electron chi connectivity index (χ2n) is 21.0. The molecule has 580 valence electrons. The average molecular weight is 1610 g/mol. The molecule has 0 aromatic carbocycles. The Morgan fingerprint density at radius 2 is 0.770 bits per heavy atom. The normalized spacial score (nSPS) is 39.0. The zero-order valence-electron chi connectivity index (χ0n) is 48.7. The fourth-order valence-corrected chi connectivity index (χ4v) is 13.2. The van der Waals surface area contributed by atoms with Crippen molar-refractivity contribution in [3.05, 3.63) is 11.8 Å². The van der Waals surface area contributed by atoms with Crippen LogP contribution >= 0.6 is 0 Å². The summed E-state index contributed by atoms with van der Waals surface area (Å²) in [6.07, 6.45) is -70.8. The lowest BCUT2D eigenvalue weighted by atomic mass is 9.94. The summed E-state index contributed by atoms with van der Waals surface area (Å²) in [6.45, 7) is -4.27. The maximum absolute atomic E-state index is 13.1. The number of ether oxygens (including phenoxy) is 11. The Balaban J connectivity index is 1.37. The molecule has 5 fully saturated rings. The Morgan fingerprint density at radius 3 is 1.15 bits per heavy atom. The molecule has 0 bridgehead atoms. The molecule has 28 atom stereocenters. The molecule has 0 aromatic rings. The number of amides is 1. The quantitative estimate of drug-likeness (QED) is 0.0287. The Labute approximate surface area is 558 Å². The van der Waals surface area contributed by atoms with E-state index in [0.29, 0.717) is 0 Å². The Kier molecular flexibility index (Phi) is 27.7. The maximum Gasteiger partial charge on any atom is 0.397 e. The summed E-state index contributed by atoms with van der Waals surface area (Å²) in [5, 5.41) is 123. The molecule has 6 aliphatic heterocycles. The minimum atomic E-state index is -6.26. The zero-order valence-corrected chi connectivity index (χ0v) is 54.4. The molecule has 62 heteroatoms. The van der Waals surface area contributed by atoms with E-state index in [-0.39, 0.29) is 6.08 Å². The van der Waals surface area contributed by atoms with Crippen molar-refractivity contribution >= 4 is 96.4 Å². The molecule has 6 heterocycles. The molecule has 0 aliphatic carbocycles. The minimum Gasteiger partial charge on any atom is -0.479 e. The third-order valence-electron chi connectivity index (χ3n) is 14.0. The van der Waals surface area contributed by atoms with Gasteiger partial charge in [0.2, 0.25) is 18.0 Å². The van der Waals surface area contributed by atoms with Crippen molar-refractivity contribution in [3.8, 4) is 0 Å². The van der Waals surface area contributed by atoms with Gasteiger partial charge >= 0.3 is 90.5 Å². The minimum absolute atomic E-state index is 0.221. The van der Waals surface area contributed by atoms with Crippen LogP contribution in [0.1, 0.15) is 6.92 Å². The Bertz CT molecular complexity index is 3790. The lowest BCUT2D eigenvalue weighted by Crippen LogP contribution is -2.71. The van der Waals surface area contributed by atoms with Gasteiger partial charge in [-0.15, -0.1) is 0 Å². The maximum atomic E-state index is 13.1. The fraction of sp³-hybridized carbons (Fsp3) is 0.842. The Hall–Kier alpha value is -4.21. The van der Waals surface area contributed by atoms with E-state index in [2.05, 4.69) is 20.9 Å². The summed E-state index contributed by atoms with van der Waals surface area (Å²) < 4.78 is 319. The van der Waals surface area contributed by atoms with Crippen molar-refractivity contribution in [1.29, 1.82) is 0 Å². The van der Waals surface area contributed by atoms with E-state index in [0.717, 1.165) is 6.92 Å². The van der Waals surface area contributed by atoms with Gasteiger partial charge in [-0.05, 0) is 6.08 Å². The smallest absolute Gasteiger partial charge is 0.397 e. The lowest BCUT2D eigenvalue weighted by molar-refractivity contribution is -0.375. The van der Waals surface area contributed by atoms with Gasteiger partial charge < -0.3 is 114 Å². The first-order chi connectivity index (χ1) is 45.5. The monoisotopic (exact) mass is 1610 g/mol. The van der Waals surface area contributed by atoms with Gasteiger partial charge in [0, 0.05) is 6.92 Å². The first-order valence-corrected chi connectivity index (χ1v) is 36.2. The van der Waals surface area contributed by atoms with Crippen LogP contribution in [0.5, 0.6) is 0 Å². The van der Waals surface area contributed by atoms with Gasteiger partial charge in [0.1, 0.15) is 110 Å². The predicted octanol–water partition coefficient (Wildman–Crippen LogP) is -14.6. The average Bonchev–Trinajstić information content (AvgIpc) is 0.744. The van der Waals surface area contributed by atoms with Crippen LogP contribution < -0.4 is 14.8 Å². The van der Waals surface area contributed by atoms with Gasteiger partial charge in [-0.3, -0.25) is 36.7 Å². The molecule has 1 amide bonds. The molecule has 0 radical (unpaired) electrons. The SMILES string of the molecule is CC(=O)N[C@@H]1[C@@H](O)[C@H](O[C@@H]2O[C@@H](C(=O)O)[C@@H](O[C@H]3O[C@H](COS(=O)(=O)O)[C@@H](O[C@@H]4O[C@@H](C(=O)O)[C@@H](O[C@H]5O[C@H](COS(=O)(=O)O)[C@@H](O[C@@H]6OC(C(=O)O)=C[C@H](O)[C@H]6OS(=O)(=O)O)[C@H](O)[C@H]5NS(=O)(=O)O)[C@H](O)[C@H]4OS(=O)(=O)O)[C@H](O)[C@H]3NS(=O)(=O)O)[C@H](O)[C@H]2O)[C@@H](COS(=O)(=O)O)O[C@@H]1O. The number of aliphatic hydroxyl groups is 8. The summed E-state index contributed by atoms with van der Waals surface area (Å²) >= 11 is 0. The van der Waals surface area contributed by atoms with Crippen molar-refractivity contribution in [2.45, 2.75) is 179 Å². The Morgan fingerprint density at radius 1 is 0.410 bits per heavy atom. The second-order valence-corrected chi connectivity index (χ2v) is 28.8. The van der Waals surface area contributed by atoms with E-state index < -0.39 is 294 Å². The second kappa shape index (κ2) is 32.7. The van der Waals surface area contributed by atoms with Gasteiger partial charge in [-0.1, -0.05) is 0 Å². The van der Waals surface area contributed by atoms with Crippen LogP contribution in [0, 0.1) is 0 Å². The highest BCUT2D eigenvalue weighted by Gasteiger charge is 2.61. The number of hydrogen-bond donors (Lipinski definition) is 21. The zero-order chi connectivity index (χ0) is 75.8. The summed E-state index contributed by atoms with van der Waals surface area (Å²) in [5.74, 6) is -9.31. The molecule has 0 unspecified atom stereocenters. The van der Waals surface area contributed by atoms with E-state index in [9.17, 15) is 162 Å². The van der Waals surface area contributed by atoms with Crippen LogP contribution in [0.15, 0.2) is 11.8 Å². The van der Waals surface area contributed by atoms with Crippen molar-refractivity contribution < 1.29 is 239 Å². The third kappa shape index (κ3) is 23.4. The van der Waals surface area contributed by atoms with Crippen LogP contribution in [0.2, 0.25) is 0 Å². The van der Waals surface area contributed by atoms with Crippen LogP contribution in [0.4, 0.5) is 0 Å². The third-order valence-corrected chi connectivity index (χ3v) is 17.3. The highest BCUT2D eigenvalue weighted by atomic mass is 32.3. The van der Waals surface area contributed by atoms with Crippen molar-refractivity contribution in [2.75, 3.05) is 19.8 Å². The van der Waals surface area contributed by atoms with Gasteiger partial charge in [0.05, 0.1) is 19.8 Å². The molecular weight excluding hydrogens is 1550 g/mol. The topological polar surface area (TPSA) is 855 Å². The molecule has 0 aromatic heterocycles. The summed E-state index contributed by atoms with van der Waals surface area (Å²) in [5.41, 5.74) is 0. The van der Waals surface area contributed by atoms with E-state index in [1.807, 2.05) is 5.32 Å². The first-order valence-electron chi connectivity index (χ1n) is 26.5. The molecule has 55 nitrogen and oxygen atoms in total. The fourth-order valence-electron chi connectivity index (χ4n) is 10.1. The number of hydrogen-bond acceptors (Lipinski definition) is 42.